The number of piperidine rings is 1. The molecule has 1 fully saturated rings. The maximum Gasteiger partial charge on any atom is 0.326 e. The van der Waals surface area contributed by atoms with Crippen LogP contribution in [0.5, 0.6) is 0 Å². The van der Waals surface area contributed by atoms with E-state index in [0.29, 0.717) is 6.54 Å². The molecule has 5 heteroatoms. The van der Waals surface area contributed by atoms with E-state index in [1.165, 1.54) is 0 Å². The van der Waals surface area contributed by atoms with Crippen molar-refractivity contribution in [1.29, 1.82) is 0 Å². The minimum atomic E-state index is -0.977. The maximum absolute atomic E-state index is 11.9. The number of carbonyl (C=O) groups excluding carboxylic acids is 1. The summed E-state index contributed by atoms with van der Waals surface area (Å²) < 4.78 is 0. The first-order chi connectivity index (χ1) is 7.82. The molecule has 0 aromatic heterocycles. The van der Waals surface area contributed by atoms with Crippen LogP contribution < -0.4 is 10.6 Å². The molecule has 1 heterocycles. The molecule has 2 atom stereocenters. The van der Waals surface area contributed by atoms with Gasteiger partial charge in [0.05, 0.1) is 5.92 Å². The number of carboxylic acids is 1. The van der Waals surface area contributed by atoms with Crippen molar-refractivity contribution in [1.82, 2.24) is 10.6 Å². The lowest BCUT2D eigenvalue weighted by molar-refractivity contribution is -0.145. The molecule has 1 saturated heterocycles. The zero-order chi connectivity index (χ0) is 13.1. The summed E-state index contributed by atoms with van der Waals surface area (Å²) in [6, 6.07) is -0.836. The quantitative estimate of drug-likeness (QED) is 0.677. The molecule has 0 aromatic carbocycles. The van der Waals surface area contributed by atoms with Gasteiger partial charge in [0.15, 0.2) is 0 Å². The highest BCUT2D eigenvalue weighted by atomic mass is 16.4. The molecule has 1 aliphatic rings. The summed E-state index contributed by atoms with van der Waals surface area (Å²) in [5.74, 6) is -1.23. The van der Waals surface area contributed by atoms with Gasteiger partial charge >= 0.3 is 5.97 Å². The number of nitrogens with one attached hydrogen (secondary N) is 2. The summed E-state index contributed by atoms with van der Waals surface area (Å²) >= 11 is 0. The molecule has 1 amide bonds. The predicted molar refractivity (Wildman–Crippen MR) is 64.6 cm³/mol. The van der Waals surface area contributed by atoms with Crippen LogP contribution in [0.25, 0.3) is 0 Å². The Morgan fingerprint density at radius 3 is 2.47 bits per heavy atom. The molecule has 0 radical (unpaired) electrons. The monoisotopic (exact) mass is 242 g/mol. The Balaban J connectivity index is 2.60. The van der Waals surface area contributed by atoms with Crippen molar-refractivity contribution in [3.8, 4) is 0 Å². The molecule has 98 valence electrons. The lowest BCUT2D eigenvalue weighted by Gasteiger charge is -2.30. The Bertz CT molecular complexity index is 291. The van der Waals surface area contributed by atoms with E-state index in [0.717, 1.165) is 19.4 Å². The highest BCUT2D eigenvalue weighted by Gasteiger charge is 2.34. The van der Waals surface area contributed by atoms with Gasteiger partial charge < -0.3 is 15.7 Å². The normalized spacial score (nSPS) is 22.9. The van der Waals surface area contributed by atoms with E-state index in [-0.39, 0.29) is 11.8 Å². The number of rotatable bonds is 3. The predicted octanol–water partition coefficient (Wildman–Crippen LogP) is 0.602. The minimum Gasteiger partial charge on any atom is -0.480 e. The Kier molecular flexibility index (Phi) is 4.51. The Morgan fingerprint density at radius 2 is 2.06 bits per heavy atom. The second-order valence-electron chi connectivity index (χ2n) is 5.69. The SMILES string of the molecule is CC(C)(C)[C@@H](NC(=O)[C@H]1CCCNC1)C(=O)O. The van der Waals surface area contributed by atoms with E-state index < -0.39 is 17.4 Å². The number of carbonyl (C=O) groups is 2. The molecule has 0 bridgehead atoms. The molecule has 1 rings (SSSR count). The topological polar surface area (TPSA) is 78.4 Å². The smallest absolute Gasteiger partial charge is 0.326 e. The molecule has 1 aliphatic heterocycles. The van der Waals surface area contributed by atoms with Crippen LogP contribution in [0.2, 0.25) is 0 Å². The van der Waals surface area contributed by atoms with Crippen LogP contribution in [0, 0.1) is 11.3 Å². The molecule has 0 aromatic rings. The maximum atomic E-state index is 11.9. The van der Waals surface area contributed by atoms with E-state index in [2.05, 4.69) is 10.6 Å². The fraction of sp³-hybridized carbons (Fsp3) is 0.833. The minimum absolute atomic E-state index is 0.104. The fourth-order valence-electron chi connectivity index (χ4n) is 1.98. The van der Waals surface area contributed by atoms with Gasteiger partial charge in [-0.15, -0.1) is 0 Å². The van der Waals surface area contributed by atoms with Gasteiger partial charge in [-0.1, -0.05) is 20.8 Å². The standard InChI is InChI=1S/C12H22N2O3/c1-12(2,3)9(11(16)17)14-10(15)8-5-4-6-13-7-8/h8-9,13H,4-7H2,1-3H3,(H,14,15)(H,16,17)/t8-,9-/m0/s1. The van der Waals surface area contributed by atoms with E-state index in [4.69, 9.17) is 5.11 Å². The third kappa shape index (κ3) is 4.00. The van der Waals surface area contributed by atoms with Crippen LogP contribution in [0.1, 0.15) is 33.6 Å². The first kappa shape index (κ1) is 14.0. The lowest BCUT2D eigenvalue weighted by atomic mass is 9.86. The van der Waals surface area contributed by atoms with Crippen LogP contribution in [0.4, 0.5) is 0 Å². The summed E-state index contributed by atoms with van der Waals surface area (Å²) in [5.41, 5.74) is -0.483. The van der Waals surface area contributed by atoms with Crippen molar-refractivity contribution in [3.05, 3.63) is 0 Å². The van der Waals surface area contributed by atoms with Crippen molar-refractivity contribution in [2.24, 2.45) is 11.3 Å². The van der Waals surface area contributed by atoms with Crippen molar-refractivity contribution in [3.63, 3.8) is 0 Å². The third-order valence-corrected chi connectivity index (χ3v) is 3.07. The highest BCUT2D eigenvalue weighted by molar-refractivity contribution is 5.85. The van der Waals surface area contributed by atoms with E-state index >= 15 is 0 Å². The highest BCUT2D eigenvalue weighted by Crippen LogP contribution is 2.20. The van der Waals surface area contributed by atoms with Crippen LogP contribution in [-0.4, -0.2) is 36.1 Å². The van der Waals surface area contributed by atoms with Crippen LogP contribution in [0.15, 0.2) is 0 Å². The number of amides is 1. The second kappa shape index (κ2) is 5.49. The summed E-state index contributed by atoms with van der Waals surface area (Å²) in [4.78, 5) is 23.1. The summed E-state index contributed by atoms with van der Waals surface area (Å²) in [6.45, 7) is 7.01. The Hall–Kier alpha value is -1.10. The number of hydrogen-bond acceptors (Lipinski definition) is 3. The van der Waals surface area contributed by atoms with Gasteiger partial charge in [-0.05, 0) is 24.8 Å². The fourth-order valence-corrected chi connectivity index (χ4v) is 1.98. The largest absolute Gasteiger partial charge is 0.480 e. The Morgan fingerprint density at radius 1 is 1.41 bits per heavy atom. The van der Waals surface area contributed by atoms with E-state index in [1.807, 2.05) is 20.8 Å². The third-order valence-electron chi connectivity index (χ3n) is 3.07. The van der Waals surface area contributed by atoms with Crippen molar-refractivity contribution in [2.75, 3.05) is 13.1 Å². The van der Waals surface area contributed by atoms with Crippen molar-refractivity contribution < 1.29 is 14.7 Å². The zero-order valence-electron chi connectivity index (χ0n) is 10.7. The molecule has 3 N–H and O–H groups in total. The zero-order valence-corrected chi connectivity index (χ0v) is 10.7. The average Bonchev–Trinajstić information content (AvgIpc) is 2.24. The lowest BCUT2D eigenvalue weighted by Crippen LogP contribution is -2.52. The molecule has 0 spiro atoms. The van der Waals surface area contributed by atoms with E-state index in [9.17, 15) is 9.59 Å². The van der Waals surface area contributed by atoms with Gasteiger partial charge in [0.2, 0.25) is 5.91 Å². The first-order valence-corrected chi connectivity index (χ1v) is 6.06. The molecule has 5 nitrogen and oxygen atoms in total. The van der Waals surface area contributed by atoms with Crippen molar-refractivity contribution >= 4 is 11.9 Å². The molecule has 0 unspecified atom stereocenters. The van der Waals surface area contributed by atoms with Crippen LogP contribution in [-0.2, 0) is 9.59 Å². The van der Waals surface area contributed by atoms with Gasteiger partial charge in [0, 0.05) is 6.54 Å². The number of carboxylic acid groups (broad SMARTS) is 1. The second-order valence-corrected chi connectivity index (χ2v) is 5.69. The van der Waals surface area contributed by atoms with Gasteiger partial charge in [-0.3, -0.25) is 4.79 Å². The Labute approximate surface area is 102 Å². The van der Waals surface area contributed by atoms with Crippen LogP contribution >= 0.6 is 0 Å². The van der Waals surface area contributed by atoms with Gasteiger partial charge in [-0.25, -0.2) is 4.79 Å². The molecule has 0 saturated carbocycles. The van der Waals surface area contributed by atoms with Gasteiger partial charge in [0.25, 0.3) is 0 Å². The summed E-state index contributed by atoms with van der Waals surface area (Å²) in [7, 11) is 0. The number of hydrogen-bond donors (Lipinski definition) is 3. The summed E-state index contributed by atoms with van der Waals surface area (Å²) in [6.07, 6.45) is 1.79. The molecular formula is C12H22N2O3. The average molecular weight is 242 g/mol. The van der Waals surface area contributed by atoms with Gasteiger partial charge in [-0.2, -0.15) is 0 Å². The summed E-state index contributed by atoms with van der Waals surface area (Å²) in [5, 5.41) is 14.9. The van der Waals surface area contributed by atoms with Crippen molar-refractivity contribution in [2.45, 2.75) is 39.7 Å². The number of aliphatic carboxylic acids is 1. The molecule has 17 heavy (non-hydrogen) atoms. The first-order valence-electron chi connectivity index (χ1n) is 6.06. The van der Waals surface area contributed by atoms with E-state index in [1.54, 1.807) is 0 Å². The molecular weight excluding hydrogens is 220 g/mol. The van der Waals surface area contributed by atoms with Gasteiger partial charge in [0.1, 0.15) is 6.04 Å². The van der Waals surface area contributed by atoms with Crippen LogP contribution in [0.3, 0.4) is 0 Å². The molecule has 0 aliphatic carbocycles.